The van der Waals surface area contributed by atoms with Crippen molar-refractivity contribution in [1.29, 1.82) is 0 Å². The van der Waals surface area contributed by atoms with Gasteiger partial charge in [0.15, 0.2) is 0 Å². The van der Waals surface area contributed by atoms with E-state index in [1.165, 1.54) is 43.6 Å². The molecule has 0 radical (unpaired) electrons. The van der Waals surface area contributed by atoms with Crippen LogP contribution in [0.3, 0.4) is 0 Å². The highest BCUT2D eigenvalue weighted by Gasteiger charge is 2.03. The SMILES string of the molecule is Cc1nsc(NCCC2=CCCCCC2)n1. The van der Waals surface area contributed by atoms with Gasteiger partial charge in [-0.05, 0) is 39.0 Å². The van der Waals surface area contributed by atoms with Crippen LogP contribution in [0.25, 0.3) is 0 Å². The standard InChI is InChI=1S/C12H19N3S/c1-10-14-12(16-15-10)13-9-8-11-6-4-2-3-5-7-11/h6H,2-5,7-9H2,1H3,(H,13,14,15). The van der Waals surface area contributed by atoms with Gasteiger partial charge in [-0.15, -0.1) is 0 Å². The fraction of sp³-hybridized carbons (Fsp3) is 0.667. The van der Waals surface area contributed by atoms with Crippen molar-refractivity contribution < 1.29 is 0 Å². The first-order chi connectivity index (χ1) is 7.84. The van der Waals surface area contributed by atoms with E-state index in [0.717, 1.165) is 23.9 Å². The number of anilines is 1. The van der Waals surface area contributed by atoms with Crippen LogP contribution in [0.5, 0.6) is 0 Å². The van der Waals surface area contributed by atoms with Gasteiger partial charge >= 0.3 is 0 Å². The molecule has 0 atom stereocenters. The molecule has 1 aliphatic carbocycles. The highest BCUT2D eigenvalue weighted by atomic mass is 32.1. The summed E-state index contributed by atoms with van der Waals surface area (Å²) in [5, 5.41) is 4.29. The molecular formula is C12H19N3S. The summed E-state index contributed by atoms with van der Waals surface area (Å²) in [5.41, 5.74) is 1.62. The highest BCUT2D eigenvalue weighted by molar-refractivity contribution is 7.09. The Morgan fingerprint density at radius 3 is 3.12 bits per heavy atom. The molecule has 0 amide bonds. The number of aryl methyl sites for hydroxylation is 1. The van der Waals surface area contributed by atoms with E-state index in [4.69, 9.17) is 0 Å². The van der Waals surface area contributed by atoms with E-state index >= 15 is 0 Å². The number of allylic oxidation sites excluding steroid dienone is 1. The van der Waals surface area contributed by atoms with Gasteiger partial charge in [0, 0.05) is 18.1 Å². The third kappa shape index (κ3) is 3.59. The van der Waals surface area contributed by atoms with Crippen molar-refractivity contribution >= 4 is 16.7 Å². The molecule has 1 aliphatic rings. The number of nitrogens with one attached hydrogen (secondary N) is 1. The number of nitrogens with zero attached hydrogens (tertiary/aromatic N) is 2. The molecule has 0 unspecified atom stereocenters. The fourth-order valence-electron chi connectivity index (χ4n) is 2.01. The zero-order valence-corrected chi connectivity index (χ0v) is 10.6. The van der Waals surface area contributed by atoms with Gasteiger partial charge in [0.1, 0.15) is 5.82 Å². The second kappa shape index (κ2) is 5.99. The lowest BCUT2D eigenvalue weighted by molar-refractivity contribution is 0.704. The predicted molar refractivity (Wildman–Crippen MR) is 68.9 cm³/mol. The summed E-state index contributed by atoms with van der Waals surface area (Å²) in [4.78, 5) is 4.29. The molecule has 1 heterocycles. The maximum atomic E-state index is 4.29. The van der Waals surface area contributed by atoms with Gasteiger partial charge in [-0.25, -0.2) is 4.98 Å². The van der Waals surface area contributed by atoms with Crippen LogP contribution in [0.2, 0.25) is 0 Å². The number of hydrogen-bond donors (Lipinski definition) is 1. The molecule has 0 bridgehead atoms. The second-order valence-corrected chi connectivity index (χ2v) is 5.04. The Hall–Kier alpha value is -0.900. The van der Waals surface area contributed by atoms with Gasteiger partial charge in [0.25, 0.3) is 0 Å². The minimum absolute atomic E-state index is 0.862. The quantitative estimate of drug-likeness (QED) is 0.814. The molecular weight excluding hydrogens is 218 g/mol. The minimum Gasteiger partial charge on any atom is -0.360 e. The van der Waals surface area contributed by atoms with Crippen LogP contribution in [0.1, 0.15) is 44.3 Å². The second-order valence-electron chi connectivity index (χ2n) is 4.29. The van der Waals surface area contributed by atoms with Crippen LogP contribution < -0.4 is 5.32 Å². The summed E-state index contributed by atoms with van der Waals surface area (Å²) >= 11 is 1.45. The van der Waals surface area contributed by atoms with Crippen molar-refractivity contribution in [2.45, 2.75) is 45.4 Å². The van der Waals surface area contributed by atoms with E-state index < -0.39 is 0 Å². The Morgan fingerprint density at radius 1 is 1.38 bits per heavy atom. The van der Waals surface area contributed by atoms with Crippen molar-refractivity contribution in [2.24, 2.45) is 0 Å². The van der Waals surface area contributed by atoms with Gasteiger partial charge in [-0.1, -0.05) is 18.1 Å². The molecule has 0 aromatic carbocycles. The summed E-state index contributed by atoms with van der Waals surface area (Å²) in [6.45, 7) is 2.91. The first kappa shape index (κ1) is 11.6. The zero-order chi connectivity index (χ0) is 11.2. The van der Waals surface area contributed by atoms with Gasteiger partial charge in [-0.3, -0.25) is 0 Å². The van der Waals surface area contributed by atoms with Crippen molar-refractivity contribution in [2.75, 3.05) is 11.9 Å². The van der Waals surface area contributed by atoms with Crippen molar-refractivity contribution in [3.8, 4) is 0 Å². The molecule has 4 heteroatoms. The molecule has 0 aliphatic heterocycles. The molecule has 1 aromatic rings. The maximum absolute atomic E-state index is 4.29. The van der Waals surface area contributed by atoms with Gasteiger partial charge in [0.05, 0.1) is 0 Å². The van der Waals surface area contributed by atoms with Crippen LogP contribution in [-0.2, 0) is 0 Å². The Labute approximate surface area is 101 Å². The highest BCUT2D eigenvalue weighted by Crippen LogP contribution is 2.20. The lowest BCUT2D eigenvalue weighted by Crippen LogP contribution is -2.02. The summed E-state index contributed by atoms with van der Waals surface area (Å²) in [6.07, 6.45) is 10.3. The number of hydrogen-bond acceptors (Lipinski definition) is 4. The first-order valence-electron chi connectivity index (χ1n) is 6.07. The van der Waals surface area contributed by atoms with E-state index in [2.05, 4.69) is 20.8 Å². The molecule has 0 fully saturated rings. The maximum Gasteiger partial charge on any atom is 0.202 e. The Bertz CT molecular complexity index is 357. The van der Waals surface area contributed by atoms with E-state index in [1.54, 1.807) is 5.57 Å². The Kier molecular flexibility index (Phi) is 4.34. The van der Waals surface area contributed by atoms with Gasteiger partial charge in [0.2, 0.25) is 5.13 Å². The lowest BCUT2D eigenvalue weighted by Gasteiger charge is -2.05. The average Bonchev–Trinajstić information content (AvgIpc) is 2.54. The van der Waals surface area contributed by atoms with Crippen molar-refractivity contribution in [3.63, 3.8) is 0 Å². The van der Waals surface area contributed by atoms with E-state index in [1.807, 2.05) is 6.92 Å². The van der Waals surface area contributed by atoms with Crippen LogP contribution in [0, 0.1) is 6.92 Å². The Balaban J connectivity index is 1.73. The normalized spacial score (nSPS) is 16.7. The fourth-order valence-corrected chi connectivity index (χ4v) is 2.61. The molecule has 0 saturated heterocycles. The average molecular weight is 237 g/mol. The van der Waals surface area contributed by atoms with Crippen LogP contribution in [0.15, 0.2) is 11.6 Å². The van der Waals surface area contributed by atoms with E-state index in [9.17, 15) is 0 Å². The van der Waals surface area contributed by atoms with Crippen molar-refractivity contribution in [1.82, 2.24) is 9.36 Å². The molecule has 88 valence electrons. The predicted octanol–water partition coefficient (Wildman–Crippen LogP) is 3.54. The third-order valence-corrected chi connectivity index (χ3v) is 3.65. The molecule has 0 saturated carbocycles. The van der Waals surface area contributed by atoms with Crippen LogP contribution in [-0.4, -0.2) is 15.9 Å². The van der Waals surface area contributed by atoms with Crippen LogP contribution in [0.4, 0.5) is 5.13 Å². The summed E-state index contributed by atoms with van der Waals surface area (Å²) in [7, 11) is 0. The molecule has 2 rings (SSSR count). The molecule has 1 N–H and O–H groups in total. The third-order valence-electron chi connectivity index (χ3n) is 2.88. The van der Waals surface area contributed by atoms with E-state index in [-0.39, 0.29) is 0 Å². The van der Waals surface area contributed by atoms with Crippen LogP contribution >= 0.6 is 11.5 Å². The minimum atomic E-state index is 0.862. The Morgan fingerprint density at radius 2 is 2.31 bits per heavy atom. The van der Waals surface area contributed by atoms with Gasteiger partial charge in [-0.2, -0.15) is 4.37 Å². The number of aromatic nitrogens is 2. The summed E-state index contributed by atoms with van der Waals surface area (Å²) in [6, 6.07) is 0. The zero-order valence-electron chi connectivity index (χ0n) is 9.83. The summed E-state index contributed by atoms with van der Waals surface area (Å²) in [5.74, 6) is 0.862. The lowest BCUT2D eigenvalue weighted by atomic mass is 10.1. The smallest absolute Gasteiger partial charge is 0.202 e. The largest absolute Gasteiger partial charge is 0.360 e. The topological polar surface area (TPSA) is 37.8 Å². The monoisotopic (exact) mass is 237 g/mol. The van der Waals surface area contributed by atoms with Crippen molar-refractivity contribution in [3.05, 3.63) is 17.5 Å². The first-order valence-corrected chi connectivity index (χ1v) is 6.84. The summed E-state index contributed by atoms with van der Waals surface area (Å²) < 4.78 is 4.15. The van der Waals surface area contributed by atoms with E-state index in [0.29, 0.717) is 0 Å². The molecule has 1 aromatic heterocycles. The number of rotatable bonds is 4. The molecule has 0 spiro atoms. The van der Waals surface area contributed by atoms with Gasteiger partial charge < -0.3 is 5.32 Å². The molecule has 3 nitrogen and oxygen atoms in total. The molecule has 16 heavy (non-hydrogen) atoms.